The minimum Gasteiger partial charge on any atom is -0.334 e. The van der Waals surface area contributed by atoms with Crippen LogP contribution in [0.2, 0.25) is 0 Å². The number of halogens is 5. The molecule has 1 amide bonds. The highest BCUT2D eigenvalue weighted by Gasteiger charge is 2.33. The zero-order valence-electron chi connectivity index (χ0n) is 13.9. The van der Waals surface area contributed by atoms with Gasteiger partial charge in [0, 0.05) is 0 Å². The molecule has 2 aromatic carbocycles. The second-order valence-electron chi connectivity index (χ2n) is 5.52. The summed E-state index contributed by atoms with van der Waals surface area (Å²) >= 11 is 0. The molecule has 0 aliphatic rings. The number of amides is 1. The molecule has 3 aromatic rings. The van der Waals surface area contributed by atoms with Crippen LogP contribution in [0.25, 0.3) is 0 Å². The Morgan fingerprint density at radius 2 is 1.54 bits per heavy atom. The first kappa shape index (κ1) is 19.2. The number of aromatic nitrogens is 2. The number of nitrogens with zero attached hydrogens (tertiary/aromatic N) is 2. The van der Waals surface area contributed by atoms with Crippen molar-refractivity contribution in [2.45, 2.75) is 6.18 Å². The van der Waals surface area contributed by atoms with Crippen molar-refractivity contribution in [3.63, 3.8) is 0 Å². The number of carbonyl (C=O) groups is 1. The van der Waals surface area contributed by atoms with E-state index in [0.29, 0.717) is 0 Å². The Hall–Kier alpha value is -3.56. The van der Waals surface area contributed by atoms with Gasteiger partial charge in [0.25, 0.3) is 5.91 Å². The van der Waals surface area contributed by atoms with E-state index in [9.17, 15) is 26.7 Å². The monoisotopic (exact) mass is 394 g/mol. The Morgan fingerprint density at radius 1 is 0.857 bits per heavy atom. The Morgan fingerprint density at radius 3 is 2.14 bits per heavy atom. The van der Waals surface area contributed by atoms with Crippen LogP contribution in [0.1, 0.15) is 16.1 Å². The molecule has 0 atom stereocenters. The van der Waals surface area contributed by atoms with E-state index >= 15 is 0 Å². The van der Waals surface area contributed by atoms with Crippen LogP contribution in [0.3, 0.4) is 0 Å². The van der Waals surface area contributed by atoms with E-state index < -0.39 is 40.7 Å². The largest absolute Gasteiger partial charge is 0.418 e. The molecule has 0 aliphatic heterocycles. The number of para-hydroxylation sites is 2. The molecule has 5 nitrogen and oxygen atoms in total. The van der Waals surface area contributed by atoms with Gasteiger partial charge in [-0.05, 0) is 36.4 Å². The Bertz CT molecular complexity index is 985. The SMILES string of the molecule is O=C(Nc1ccccc1C(F)(F)F)c1ccc(Nc2c(F)cccc2F)nn1. The quantitative estimate of drug-likeness (QED) is 0.626. The van der Waals surface area contributed by atoms with Crippen LogP contribution >= 0.6 is 0 Å². The molecule has 28 heavy (non-hydrogen) atoms. The fraction of sp³-hybridized carbons (Fsp3) is 0.0556. The lowest BCUT2D eigenvalue weighted by Gasteiger charge is -2.13. The number of carbonyl (C=O) groups excluding carboxylic acids is 1. The smallest absolute Gasteiger partial charge is 0.334 e. The molecule has 0 radical (unpaired) electrons. The average Bonchev–Trinajstić information content (AvgIpc) is 2.65. The predicted octanol–water partition coefficient (Wildman–Crippen LogP) is 4.77. The van der Waals surface area contributed by atoms with E-state index in [2.05, 4.69) is 20.8 Å². The summed E-state index contributed by atoms with van der Waals surface area (Å²) in [5.74, 6) is -2.69. The summed E-state index contributed by atoms with van der Waals surface area (Å²) in [4.78, 5) is 12.1. The molecule has 0 fully saturated rings. The van der Waals surface area contributed by atoms with Crippen molar-refractivity contribution in [1.29, 1.82) is 0 Å². The summed E-state index contributed by atoms with van der Waals surface area (Å²) in [6.07, 6.45) is -4.65. The van der Waals surface area contributed by atoms with Gasteiger partial charge in [-0.15, -0.1) is 10.2 Å². The molecule has 10 heteroatoms. The second kappa shape index (κ2) is 7.59. The van der Waals surface area contributed by atoms with Crippen molar-refractivity contribution < 1.29 is 26.7 Å². The number of rotatable bonds is 4. The van der Waals surface area contributed by atoms with Gasteiger partial charge >= 0.3 is 6.18 Å². The van der Waals surface area contributed by atoms with E-state index in [1.165, 1.54) is 24.3 Å². The zero-order valence-corrected chi connectivity index (χ0v) is 13.9. The standard InChI is InChI=1S/C18H11F5N4O/c19-11-5-3-6-12(20)16(11)25-15-9-8-14(26-27-15)17(28)24-13-7-2-1-4-10(13)18(21,22)23/h1-9H,(H,24,28)(H,25,27). The lowest BCUT2D eigenvalue weighted by Crippen LogP contribution is -2.18. The van der Waals surface area contributed by atoms with Gasteiger partial charge in [0.2, 0.25) is 0 Å². The molecule has 3 rings (SSSR count). The summed E-state index contributed by atoms with van der Waals surface area (Å²) in [5, 5.41) is 11.7. The van der Waals surface area contributed by atoms with Crippen LogP contribution in [0.5, 0.6) is 0 Å². The summed E-state index contributed by atoms with van der Waals surface area (Å²) < 4.78 is 66.2. The Kier molecular flexibility index (Phi) is 5.21. The number of hydrogen-bond acceptors (Lipinski definition) is 4. The summed E-state index contributed by atoms with van der Waals surface area (Å²) in [6.45, 7) is 0. The molecule has 0 aliphatic carbocycles. The van der Waals surface area contributed by atoms with Gasteiger partial charge in [-0.25, -0.2) is 8.78 Å². The first-order valence-electron chi connectivity index (χ1n) is 7.78. The van der Waals surface area contributed by atoms with Crippen LogP contribution in [-0.2, 0) is 6.18 Å². The minimum atomic E-state index is -4.65. The van der Waals surface area contributed by atoms with Crippen LogP contribution in [0, 0.1) is 11.6 Å². The van der Waals surface area contributed by atoms with Gasteiger partial charge in [-0.1, -0.05) is 18.2 Å². The number of alkyl halides is 3. The summed E-state index contributed by atoms with van der Waals surface area (Å²) in [5.41, 5.74) is -2.17. The highest BCUT2D eigenvalue weighted by Crippen LogP contribution is 2.34. The van der Waals surface area contributed by atoms with E-state index in [4.69, 9.17) is 0 Å². The van der Waals surface area contributed by atoms with Gasteiger partial charge in [0.1, 0.15) is 17.3 Å². The summed E-state index contributed by atoms with van der Waals surface area (Å²) in [7, 11) is 0. The molecule has 1 heterocycles. The molecule has 0 spiro atoms. The van der Waals surface area contributed by atoms with Crippen molar-refractivity contribution in [3.05, 3.63) is 77.5 Å². The van der Waals surface area contributed by atoms with Gasteiger partial charge in [-0.3, -0.25) is 4.79 Å². The third-order valence-corrected chi connectivity index (χ3v) is 3.59. The molecule has 0 unspecified atom stereocenters. The third kappa shape index (κ3) is 4.22. The number of hydrogen-bond donors (Lipinski definition) is 2. The van der Waals surface area contributed by atoms with Gasteiger partial charge in [0.05, 0.1) is 11.3 Å². The maximum atomic E-state index is 13.6. The topological polar surface area (TPSA) is 66.9 Å². The Labute approximate surface area is 155 Å². The maximum absolute atomic E-state index is 13.6. The number of benzene rings is 2. The molecule has 1 aromatic heterocycles. The van der Waals surface area contributed by atoms with Crippen LogP contribution in [0.4, 0.5) is 39.1 Å². The van der Waals surface area contributed by atoms with E-state index in [1.54, 1.807) is 0 Å². The summed E-state index contributed by atoms with van der Waals surface area (Å²) in [6, 6.07) is 10.1. The average molecular weight is 394 g/mol. The molecule has 0 saturated carbocycles. The fourth-order valence-corrected chi connectivity index (χ4v) is 2.29. The molecular weight excluding hydrogens is 383 g/mol. The van der Waals surface area contributed by atoms with Crippen LogP contribution in [0.15, 0.2) is 54.6 Å². The van der Waals surface area contributed by atoms with Crippen molar-refractivity contribution in [2.75, 3.05) is 10.6 Å². The van der Waals surface area contributed by atoms with E-state index in [1.807, 2.05) is 0 Å². The lowest BCUT2D eigenvalue weighted by molar-refractivity contribution is -0.136. The highest BCUT2D eigenvalue weighted by atomic mass is 19.4. The fourth-order valence-electron chi connectivity index (χ4n) is 2.29. The highest BCUT2D eigenvalue weighted by molar-refractivity contribution is 6.03. The maximum Gasteiger partial charge on any atom is 0.418 e. The molecule has 0 bridgehead atoms. The van der Waals surface area contributed by atoms with Crippen molar-refractivity contribution in [2.24, 2.45) is 0 Å². The zero-order chi connectivity index (χ0) is 20.3. The van der Waals surface area contributed by atoms with Crippen molar-refractivity contribution >= 4 is 23.1 Å². The van der Waals surface area contributed by atoms with Crippen LogP contribution in [-0.4, -0.2) is 16.1 Å². The third-order valence-electron chi connectivity index (χ3n) is 3.59. The first-order chi connectivity index (χ1) is 13.3. The van der Waals surface area contributed by atoms with Crippen molar-refractivity contribution in [1.82, 2.24) is 10.2 Å². The normalized spacial score (nSPS) is 11.2. The number of anilines is 3. The molecular formula is C18H11F5N4O. The van der Waals surface area contributed by atoms with Crippen molar-refractivity contribution in [3.8, 4) is 0 Å². The second-order valence-corrected chi connectivity index (χ2v) is 5.52. The minimum absolute atomic E-state index is 0.0590. The Balaban J connectivity index is 1.77. The van der Waals surface area contributed by atoms with Gasteiger partial charge in [-0.2, -0.15) is 13.2 Å². The first-order valence-corrected chi connectivity index (χ1v) is 7.78. The van der Waals surface area contributed by atoms with Gasteiger partial charge < -0.3 is 10.6 Å². The van der Waals surface area contributed by atoms with E-state index in [-0.39, 0.29) is 11.5 Å². The number of nitrogens with one attached hydrogen (secondary N) is 2. The van der Waals surface area contributed by atoms with Gasteiger partial charge in [0.15, 0.2) is 11.5 Å². The predicted molar refractivity (Wildman–Crippen MR) is 91.1 cm³/mol. The molecule has 2 N–H and O–H groups in total. The van der Waals surface area contributed by atoms with E-state index in [0.717, 1.165) is 30.3 Å². The molecule has 144 valence electrons. The molecule has 0 saturated heterocycles. The van der Waals surface area contributed by atoms with Crippen LogP contribution < -0.4 is 10.6 Å². The lowest BCUT2D eigenvalue weighted by atomic mass is 10.1.